The predicted octanol–water partition coefficient (Wildman–Crippen LogP) is 2.62. The van der Waals surface area contributed by atoms with Gasteiger partial charge in [0.25, 0.3) is 0 Å². The van der Waals surface area contributed by atoms with Crippen molar-refractivity contribution in [2.24, 2.45) is 5.41 Å². The van der Waals surface area contributed by atoms with Crippen LogP contribution in [-0.2, 0) is 4.74 Å². The van der Waals surface area contributed by atoms with Crippen LogP contribution in [0.4, 0.5) is 0 Å². The van der Waals surface area contributed by atoms with E-state index >= 15 is 0 Å². The molecule has 0 radical (unpaired) electrons. The third-order valence-corrected chi connectivity index (χ3v) is 6.26. The molecule has 0 aromatic rings. The minimum atomic E-state index is 0.467. The predicted molar refractivity (Wildman–Crippen MR) is 74.6 cm³/mol. The van der Waals surface area contributed by atoms with Crippen LogP contribution >= 0.6 is 27.7 Å². The van der Waals surface area contributed by atoms with Gasteiger partial charge in [-0.3, -0.25) is 4.90 Å². The standard InChI is InChI=1S/C12H22BrNOS/c1-11-8-16-7-4-14(11)10-12(9-13)2-5-15-6-3-12/h11H,2-10H2,1H3. The van der Waals surface area contributed by atoms with Crippen LogP contribution in [0.3, 0.4) is 0 Å². The molecule has 4 heteroatoms. The Hall–Kier alpha value is 0.750. The molecule has 2 rings (SSSR count). The molecule has 0 spiro atoms. The zero-order valence-corrected chi connectivity index (χ0v) is 12.5. The molecular formula is C12H22BrNOS. The summed E-state index contributed by atoms with van der Waals surface area (Å²) in [6, 6.07) is 0.748. The minimum absolute atomic E-state index is 0.467. The monoisotopic (exact) mass is 307 g/mol. The maximum atomic E-state index is 5.50. The molecule has 1 unspecified atom stereocenters. The summed E-state index contributed by atoms with van der Waals surface area (Å²) in [5, 5.41) is 1.12. The van der Waals surface area contributed by atoms with Crippen molar-refractivity contribution >= 4 is 27.7 Å². The molecule has 0 aliphatic carbocycles. The lowest BCUT2D eigenvalue weighted by molar-refractivity contribution is 0.00396. The minimum Gasteiger partial charge on any atom is -0.381 e. The molecule has 0 aromatic carbocycles. The molecule has 2 fully saturated rings. The van der Waals surface area contributed by atoms with Gasteiger partial charge in [-0.1, -0.05) is 15.9 Å². The quantitative estimate of drug-likeness (QED) is 0.744. The number of ether oxygens (including phenoxy) is 1. The second-order valence-electron chi connectivity index (χ2n) is 5.14. The van der Waals surface area contributed by atoms with Gasteiger partial charge in [-0.15, -0.1) is 0 Å². The Morgan fingerprint density at radius 3 is 2.81 bits per heavy atom. The molecule has 2 nitrogen and oxygen atoms in total. The first-order valence-corrected chi connectivity index (χ1v) is 8.49. The first-order chi connectivity index (χ1) is 7.76. The van der Waals surface area contributed by atoms with Crippen molar-refractivity contribution < 1.29 is 4.74 Å². The van der Waals surface area contributed by atoms with E-state index in [4.69, 9.17) is 4.74 Å². The molecule has 0 bridgehead atoms. The number of halogens is 1. The van der Waals surface area contributed by atoms with Gasteiger partial charge in [-0.2, -0.15) is 11.8 Å². The van der Waals surface area contributed by atoms with E-state index < -0.39 is 0 Å². The van der Waals surface area contributed by atoms with E-state index in [0.717, 1.165) is 24.6 Å². The molecular weight excluding hydrogens is 286 g/mol. The van der Waals surface area contributed by atoms with Crippen LogP contribution in [0.2, 0.25) is 0 Å². The van der Waals surface area contributed by atoms with Gasteiger partial charge in [0, 0.05) is 49.2 Å². The lowest BCUT2D eigenvalue weighted by atomic mass is 9.81. The summed E-state index contributed by atoms with van der Waals surface area (Å²) in [7, 11) is 0. The van der Waals surface area contributed by atoms with E-state index in [9.17, 15) is 0 Å². The van der Waals surface area contributed by atoms with E-state index in [1.165, 1.54) is 37.4 Å². The van der Waals surface area contributed by atoms with Crippen molar-refractivity contribution in [1.82, 2.24) is 4.90 Å². The van der Waals surface area contributed by atoms with E-state index in [0.29, 0.717) is 5.41 Å². The largest absolute Gasteiger partial charge is 0.381 e. The fourth-order valence-electron chi connectivity index (χ4n) is 2.57. The normalized spacial score (nSPS) is 31.5. The van der Waals surface area contributed by atoms with Crippen LogP contribution < -0.4 is 0 Å². The molecule has 2 heterocycles. The van der Waals surface area contributed by atoms with E-state index in [2.05, 4.69) is 39.5 Å². The van der Waals surface area contributed by atoms with Crippen molar-refractivity contribution in [3.05, 3.63) is 0 Å². The summed E-state index contributed by atoms with van der Waals surface area (Å²) >= 11 is 5.82. The number of nitrogens with zero attached hydrogens (tertiary/aromatic N) is 1. The Kier molecular flexibility index (Phi) is 5.01. The summed E-state index contributed by atoms with van der Waals surface area (Å²) < 4.78 is 5.50. The summed E-state index contributed by atoms with van der Waals surface area (Å²) in [6.07, 6.45) is 2.43. The lowest BCUT2D eigenvalue weighted by Gasteiger charge is -2.43. The van der Waals surface area contributed by atoms with E-state index in [1.807, 2.05) is 0 Å². The number of hydrogen-bond acceptors (Lipinski definition) is 3. The van der Waals surface area contributed by atoms with Crippen molar-refractivity contribution in [3.63, 3.8) is 0 Å². The Labute approximate surface area is 112 Å². The molecule has 1 atom stereocenters. The highest BCUT2D eigenvalue weighted by molar-refractivity contribution is 9.09. The fraction of sp³-hybridized carbons (Fsp3) is 1.00. The van der Waals surface area contributed by atoms with Crippen LogP contribution in [0.15, 0.2) is 0 Å². The van der Waals surface area contributed by atoms with Crippen LogP contribution in [0.5, 0.6) is 0 Å². The number of thioether (sulfide) groups is 1. The molecule has 2 aliphatic heterocycles. The van der Waals surface area contributed by atoms with Crippen molar-refractivity contribution in [3.8, 4) is 0 Å². The molecule has 0 N–H and O–H groups in total. The summed E-state index contributed by atoms with van der Waals surface area (Å²) in [5.74, 6) is 2.61. The number of rotatable bonds is 3. The average Bonchev–Trinajstić information content (AvgIpc) is 2.33. The average molecular weight is 308 g/mol. The van der Waals surface area contributed by atoms with Crippen molar-refractivity contribution in [2.75, 3.05) is 43.1 Å². The van der Waals surface area contributed by atoms with Gasteiger partial charge in [0.15, 0.2) is 0 Å². The van der Waals surface area contributed by atoms with Gasteiger partial charge < -0.3 is 4.74 Å². The van der Waals surface area contributed by atoms with Gasteiger partial charge >= 0.3 is 0 Å². The number of alkyl halides is 1. The lowest BCUT2D eigenvalue weighted by Crippen LogP contribution is -2.49. The summed E-state index contributed by atoms with van der Waals surface area (Å²) in [5.41, 5.74) is 0.467. The van der Waals surface area contributed by atoms with Crippen LogP contribution in [0, 0.1) is 5.41 Å². The molecule has 0 saturated carbocycles. The zero-order chi connectivity index (χ0) is 11.4. The zero-order valence-electron chi connectivity index (χ0n) is 10.1. The first-order valence-electron chi connectivity index (χ1n) is 6.21. The smallest absolute Gasteiger partial charge is 0.0472 e. The highest BCUT2D eigenvalue weighted by atomic mass is 79.9. The topological polar surface area (TPSA) is 12.5 Å². The van der Waals surface area contributed by atoms with Gasteiger partial charge in [-0.05, 0) is 25.2 Å². The van der Waals surface area contributed by atoms with E-state index in [-0.39, 0.29) is 0 Å². The maximum absolute atomic E-state index is 5.50. The second kappa shape index (κ2) is 6.07. The highest BCUT2D eigenvalue weighted by Gasteiger charge is 2.35. The van der Waals surface area contributed by atoms with Crippen LogP contribution in [-0.4, -0.2) is 54.1 Å². The second-order valence-corrected chi connectivity index (χ2v) is 6.85. The van der Waals surface area contributed by atoms with E-state index in [1.54, 1.807) is 0 Å². The van der Waals surface area contributed by atoms with Gasteiger partial charge in [0.1, 0.15) is 0 Å². The Bertz CT molecular complexity index is 221. The molecule has 0 aromatic heterocycles. The third-order valence-electron chi connectivity index (χ3n) is 3.88. The van der Waals surface area contributed by atoms with Gasteiger partial charge in [0.05, 0.1) is 0 Å². The molecule has 2 saturated heterocycles. The van der Waals surface area contributed by atoms with Gasteiger partial charge in [0.2, 0.25) is 0 Å². The summed E-state index contributed by atoms with van der Waals surface area (Å²) in [6.45, 7) is 6.78. The molecule has 16 heavy (non-hydrogen) atoms. The third kappa shape index (κ3) is 3.15. The fourth-order valence-corrected chi connectivity index (χ4v) is 4.39. The SMILES string of the molecule is CC1CSCCN1CC1(CBr)CCOCC1. The molecule has 94 valence electrons. The number of hydrogen-bond donors (Lipinski definition) is 0. The van der Waals surface area contributed by atoms with Crippen molar-refractivity contribution in [1.29, 1.82) is 0 Å². The van der Waals surface area contributed by atoms with Crippen LogP contribution in [0.25, 0.3) is 0 Å². The molecule has 0 amide bonds. The Morgan fingerprint density at radius 1 is 1.44 bits per heavy atom. The van der Waals surface area contributed by atoms with Crippen LogP contribution in [0.1, 0.15) is 19.8 Å². The van der Waals surface area contributed by atoms with Crippen molar-refractivity contribution in [2.45, 2.75) is 25.8 Å². The molecule has 2 aliphatic rings. The Morgan fingerprint density at radius 2 is 2.19 bits per heavy atom. The Balaban J connectivity index is 1.93. The highest BCUT2D eigenvalue weighted by Crippen LogP contribution is 2.34. The summed E-state index contributed by atoms with van der Waals surface area (Å²) in [4.78, 5) is 2.68. The van der Waals surface area contributed by atoms with Gasteiger partial charge in [-0.25, -0.2) is 0 Å². The first kappa shape index (κ1) is 13.2. The maximum Gasteiger partial charge on any atom is 0.0472 e.